The van der Waals surface area contributed by atoms with Gasteiger partial charge in [-0.1, -0.05) is 23.3 Å². The number of H-pyrrole nitrogens is 1. The Balaban J connectivity index is 1.69. The molecular formula is C21H19N3O2. The van der Waals surface area contributed by atoms with Crippen LogP contribution in [0.3, 0.4) is 0 Å². The van der Waals surface area contributed by atoms with Crippen LogP contribution >= 0.6 is 0 Å². The molecule has 2 heterocycles. The second kappa shape index (κ2) is 6.52. The molecular weight excluding hydrogens is 326 g/mol. The van der Waals surface area contributed by atoms with Crippen LogP contribution in [0.4, 0.5) is 0 Å². The lowest BCUT2D eigenvalue weighted by Crippen LogP contribution is -1.91. The monoisotopic (exact) mass is 345 g/mol. The topological polar surface area (TPSA) is 60.0 Å². The Kier molecular flexibility index (Phi) is 4.05. The van der Waals surface area contributed by atoms with E-state index in [1.165, 1.54) is 11.1 Å². The molecule has 0 unspecified atom stereocenters. The minimum atomic E-state index is 0.681. The number of hydrogen-bond acceptors (Lipinski definition) is 4. The van der Waals surface area contributed by atoms with Gasteiger partial charge in [0.1, 0.15) is 17.1 Å². The third-order valence-electron chi connectivity index (χ3n) is 4.14. The predicted octanol–water partition coefficient (Wildman–Crippen LogP) is 5.04. The average molecular weight is 345 g/mol. The Labute approximate surface area is 151 Å². The van der Waals surface area contributed by atoms with Gasteiger partial charge < -0.3 is 14.5 Å². The third kappa shape index (κ3) is 3.11. The lowest BCUT2D eigenvalue weighted by molar-refractivity contribution is 0.409. The number of benzene rings is 2. The van der Waals surface area contributed by atoms with Gasteiger partial charge >= 0.3 is 0 Å². The molecule has 0 atom stereocenters. The molecule has 0 fully saturated rings. The molecule has 2 aromatic carbocycles. The molecule has 0 saturated carbocycles. The minimum Gasteiger partial charge on any atom is -0.497 e. The van der Waals surface area contributed by atoms with E-state index in [1.807, 2.05) is 24.3 Å². The summed E-state index contributed by atoms with van der Waals surface area (Å²) in [6.45, 7) is 4.15. The summed E-state index contributed by atoms with van der Waals surface area (Å²) in [5.41, 5.74) is 4.13. The van der Waals surface area contributed by atoms with Crippen LogP contribution in [0.5, 0.6) is 17.2 Å². The van der Waals surface area contributed by atoms with Crippen molar-refractivity contribution in [3.05, 3.63) is 66.0 Å². The van der Waals surface area contributed by atoms with E-state index in [1.54, 1.807) is 19.5 Å². The third-order valence-corrected chi connectivity index (χ3v) is 4.14. The van der Waals surface area contributed by atoms with Gasteiger partial charge in [0.05, 0.1) is 12.5 Å². The van der Waals surface area contributed by atoms with Crippen molar-refractivity contribution in [2.24, 2.45) is 0 Å². The van der Waals surface area contributed by atoms with Crippen LogP contribution in [0.1, 0.15) is 11.1 Å². The standard InChI is InChI=1S/C21H19N3O2/c1-13-7-14(2)9-15(8-13)20-22-11-18-19(12-23-21(18)24-20)26-17-6-4-5-16(10-17)25-3/h4-12H,1-3H3,(H,22,23,24). The molecule has 0 aliphatic rings. The van der Waals surface area contributed by atoms with Crippen LogP contribution in [-0.2, 0) is 0 Å². The van der Waals surface area contributed by atoms with Crippen molar-refractivity contribution in [2.45, 2.75) is 13.8 Å². The molecule has 5 heteroatoms. The van der Waals surface area contributed by atoms with Gasteiger partial charge in [-0.25, -0.2) is 9.97 Å². The first-order valence-electron chi connectivity index (χ1n) is 8.37. The Morgan fingerprint density at radius 2 is 1.73 bits per heavy atom. The number of ether oxygens (including phenoxy) is 2. The van der Waals surface area contributed by atoms with Crippen LogP contribution < -0.4 is 9.47 Å². The summed E-state index contributed by atoms with van der Waals surface area (Å²) in [7, 11) is 1.63. The smallest absolute Gasteiger partial charge is 0.161 e. The molecule has 2 aromatic heterocycles. The van der Waals surface area contributed by atoms with Crippen molar-refractivity contribution in [1.82, 2.24) is 15.0 Å². The van der Waals surface area contributed by atoms with E-state index in [-0.39, 0.29) is 0 Å². The lowest BCUT2D eigenvalue weighted by Gasteiger charge is -2.06. The van der Waals surface area contributed by atoms with E-state index in [0.29, 0.717) is 17.3 Å². The molecule has 1 N–H and O–H groups in total. The lowest BCUT2D eigenvalue weighted by atomic mass is 10.1. The summed E-state index contributed by atoms with van der Waals surface area (Å²) in [4.78, 5) is 12.4. The zero-order valence-electron chi connectivity index (χ0n) is 14.9. The Morgan fingerprint density at radius 1 is 0.962 bits per heavy atom. The van der Waals surface area contributed by atoms with Crippen molar-refractivity contribution >= 4 is 11.0 Å². The van der Waals surface area contributed by atoms with Gasteiger partial charge in [-0.05, 0) is 38.1 Å². The maximum Gasteiger partial charge on any atom is 0.161 e. The van der Waals surface area contributed by atoms with E-state index < -0.39 is 0 Å². The van der Waals surface area contributed by atoms with E-state index >= 15 is 0 Å². The average Bonchev–Trinajstić information content (AvgIpc) is 3.03. The number of aryl methyl sites for hydroxylation is 2. The fraction of sp³-hybridized carbons (Fsp3) is 0.143. The highest BCUT2D eigenvalue weighted by atomic mass is 16.5. The van der Waals surface area contributed by atoms with Crippen LogP contribution in [0.15, 0.2) is 54.9 Å². The molecule has 0 aliphatic heterocycles. The quantitative estimate of drug-likeness (QED) is 0.563. The molecule has 0 bridgehead atoms. The molecule has 4 rings (SSSR count). The maximum atomic E-state index is 5.97. The molecule has 0 spiro atoms. The molecule has 5 nitrogen and oxygen atoms in total. The molecule has 130 valence electrons. The molecule has 4 aromatic rings. The van der Waals surface area contributed by atoms with Crippen LogP contribution in [0.25, 0.3) is 22.4 Å². The second-order valence-electron chi connectivity index (χ2n) is 6.27. The van der Waals surface area contributed by atoms with Gasteiger partial charge in [-0.2, -0.15) is 0 Å². The number of rotatable bonds is 4. The van der Waals surface area contributed by atoms with Crippen molar-refractivity contribution in [1.29, 1.82) is 0 Å². The van der Waals surface area contributed by atoms with Gasteiger partial charge in [0.2, 0.25) is 0 Å². The van der Waals surface area contributed by atoms with Gasteiger partial charge in [-0.15, -0.1) is 0 Å². The van der Waals surface area contributed by atoms with Crippen molar-refractivity contribution in [3.63, 3.8) is 0 Å². The number of nitrogens with zero attached hydrogens (tertiary/aromatic N) is 2. The molecule has 0 aliphatic carbocycles. The number of hydrogen-bond donors (Lipinski definition) is 1. The largest absolute Gasteiger partial charge is 0.497 e. The fourth-order valence-electron chi connectivity index (χ4n) is 3.00. The summed E-state index contributed by atoms with van der Waals surface area (Å²) in [6.07, 6.45) is 3.59. The summed E-state index contributed by atoms with van der Waals surface area (Å²) in [5.74, 6) is 2.82. The van der Waals surface area contributed by atoms with Gasteiger partial charge in [-0.3, -0.25) is 0 Å². The number of aromatic nitrogens is 3. The number of fused-ring (bicyclic) bond motifs is 1. The van der Waals surface area contributed by atoms with Gasteiger partial charge in [0, 0.05) is 24.0 Å². The van der Waals surface area contributed by atoms with E-state index in [4.69, 9.17) is 9.47 Å². The molecule has 26 heavy (non-hydrogen) atoms. The minimum absolute atomic E-state index is 0.681. The summed E-state index contributed by atoms with van der Waals surface area (Å²) in [6, 6.07) is 13.8. The van der Waals surface area contributed by atoms with Crippen molar-refractivity contribution in [2.75, 3.05) is 7.11 Å². The van der Waals surface area contributed by atoms with E-state index in [2.05, 4.69) is 47.0 Å². The normalized spacial score (nSPS) is 10.9. The zero-order valence-corrected chi connectivity index (χ0v) is 14.9. The zero-order chi connectivity index (χ0) is 18.1. The Morgan fingerprint density at radius 3 is 2.50 bits per heavy atom. The number of nitrogens with one attached hydrogen (secondary N) is 1. The van der Waals surface area contributed by atoms with E-state index in [0.717, 1.165) is 22.3 Å². The summed E-state index contributed by atoms with van der Waals surface area (Å²) in [5, 5.41) is 0.834. The number of aromatic amines is 1. The maximum absolute atomic E-state index is 5.97. The SMILES string of the molecule is COc1cccc(Oc2c[nH]c3nc(-c4cc(C)cc(C)c4)ncc23)c1. The number of methoxy groups -OCH3 is 1. The highest BCUT2D eigenvalue weighted by Crippen LogP contribution is 2.31. The fourth-order valence-corrected chi connectivity index (χ4v) is 3.00. The van der Waals surface area contributed by atoms with Gasteiger partial charge in [0.15, 0.2) is 11.6 Å². The van der Waals surface area contributed by atoms with Crippen LogP contribution in [0.2, 0.25) is 0 Å². The van der Waals surface area contributed by atoms with Gasteiger partial charge in [0.25, 0.3) is 0 Å². The molecule has 0 radical (unpaired) electrons. The highest BCUT2D eigenvalue weighted by Gasteiger charge is 2.11. The molecule has 0 saturated heterocycles. The Hall–Kier alpha value is -3.34. The highest BCUT2D eigenvalue weighted by molar-refractivity contribution is 5.84. The first-order chi connectivity index (χ1) is 12.6. The van der Waals surface area contributed by atoms with Crippen LogP contribution in [0, 0.1) is 13.8 Å². The van der Waals surface area contributed by atoms with Crippen molar-refractivity contribution in [3.8, 4) is 28.6 Å². The second-order valence-corrected chi connectivity index (χ2v) is 6.27. The van der Waals surface area contributed by atoms with Crippen LogP contribution in [-0.4, -0.2) is 22.1 Å². The van der Waals surface area contributed by atoms with Crippen molar-refractivity contribution < 1.29 is 9.47 Å². The van der Waals surface area contributed by atoms with E-state index in [9.17, 15) is 0 Å². The first-order valence-corrected chi connectivity index (χ1v) is 8.37. The first kappa shape index (κ1) is 16.1. The predicted molar refractivity (Wildman–Crippen MR) is 102 cm³/mol. The summed E-state index contributed by atoms with van der Waals surface area (Å²) >= 11 is 0. The molecule has 0 amide bonds. The summed E-state index contributed by atoms with van der Waals surface area (Å²) < 4.78 is 11.2. The Bertz CT molecular complexity index is 1070.